The number of nitrogens with zero attached hydrogens (tertiary/aromatic N) is 10. The lowest BCUT2D eigenvalue weighted by Gasteiger charge is -2.41. The Morgan fingerprint density at radius 1 is 0.326 bits per heavy atom. The minimum absolute atomic E-state index is 0.364. The van der Waals surface area contributed by atoms with Crippen molar-refractivity contribution in [2.75, 3.05) is 188 Å². The van der Waals surface area contributed by atoms with Gasteiger partial charge in [0.25, 0.3) is 0 Å². The number of aryl methyl sites for hydroxylation is 2. The second kappa shape index (κ2) is 51.5. The molecule has 12 heterocycles. The van der Waals surface area contributed by atoms with Gasteiger partial charge in [-0.1, -0.05) is 249 Å². The second-order valence-corrected chi connectivity index (χ2v) is 43.4. The molecule has 8 fully saturated rings. The van der Waals surface area contributed by atoms with Crippen molar-refractivity contribution in [3.8, 4) is 0 Å². The van der Waals surface area contributed by atoms with Crippen LogP contribution >= 0.6 is 11.3 Å². The zero-order chi connectivity index (χ0) is 93.6. The molecule has 2 spiro atoms. The van der Waals surface area contributed by atoms with Crippen LogP contribution in [0.1, 0.15) is 222 Å². The van der Waals surface area contributed by atoms with E-state index in [-0.39, 0.29) is 0 Å². The van der Waals surface area contributed by atoms with Crippen LogP contribution in [0.2, 0.25) is 0 Å². The first kappa shape index (κ1) is 101. The molecule has 12 heteroatoms. The van der Waals surface area contributed by atoms with E-state index in [4.69, 9.17) is 4.42 Å². The average Bonchev–Trinajstić information content (AvgIpc) is 1.61. The van der Waals surface area contributed by atoms with Crippen molar-refractivity contribution in [2.24, 2.45) is 11.8 Å². The summed E-state index contributed by atoms with van der Waals surface area (Å²) in [5, 5.41) is 5.79. The number of piperidine rings is 6. The van der Waals surface area contributed by atoms with E-state index in [1.54, 1.807) is 33.4 Å². The van der Waals surface area contributed by atoms with Crippen LogP contribution in [0, 0.1) is 11.8 Å². The lowest BCUT2D eigenvalue weighted by molar-refractivity contribution is 0.169. The molecule has 0 saturated carbocycles. The van der Waals surface area contributed by atoms with Crippen LogP contribution in [-0.4, -0.2) is 237 Å². The van der Waals surface area contributed by atoms with Crippen molar-refractivity contribution in [1.29, 1.82) is 0 Å². The standard InChI is InChI=1S/C14H19N.C14H17N.C14H19N.2C13H19N.C12H13NO.C12H17N.C11H15N.C10H15NS.C10H13N/c2*1-15-10-8-14(9-11-15)7-6-12-4-2-3-5-13(12)14;1-15-9-8-14-12(10-15)7-6-11-4-2-3-5-13(11)14;1-14-10-5-8-13(9-11-14)12-6-3-2-4-7-12;1-14-9-5-8-13(11-14)10-12-6-3-2-4-7-12;1-13-7-6-10-9-4-2-3-5-11(9)14-12(10)8-13;1-13-9-7-12(8-10-13)11-5-3-2-4-6-11;1-12-8-7-11(9-12)10-5-3-2-4-6-10;1-11-5-2-9(3-6-11)10-4-7-12-8-10;1-11-7-6-9-4-2-3-5-10(9)8-11/h2-5H,6-11H2,1H3;2-7H,8-11H2,1H3;2-5,12,14H,6-10H2,1H3;2*2-4,6-7,13H,5,8-11H2,1H3;2-5H,6-8H2,1H3;2-6,12H,7-10H2,1H3;2-6,11H,7-9H2,1H3;4,7-9H,2-3,5-6H2,1H3;2-5H,6-8H2,1H3/t;;12-,14-;;;;;;;/m..0......./s1. The number of allylic oxidation sites excluding steroid dienone is 1. The van der Waals surface area contributed by atoms with Gasteiger partial charge in [-0.2, -0.15) is 11.3 Å². The van der Waals surface area contributed by atoms with Gasteiger partial charge >= 0.3 is 0 Å². The highest BCUT2D eigenvalue weighted by Gasteiger charge is 2.41. The van der Waals surface area contributed by atoms with Crippen molar-refractivity contribution in [2.45, 2.75) is 195 Å². The summed E-state index contributed by atoms with van der Waals surface area (Å²) in [5.41, 5.74) is 23.5. The van der Waals surface area contributed by atoms with Crippen LogP contribution in [0.5, 0.6) is 0 Å². The third-order valence-electron chi connectivity index (χ3n) is 32.5. The van der Waals surface area contributed by atoms with Gasteiger partial charge in [-0.05, 0) is 439 Å². The zero-order valence-corrected chi connectivity index (χ0v) is 85.3. The molecule has 0 bridgehead atoms. The van der Waals surface area contributed by atoms with Crippen LogP contribution < -0.4 is 0 Å². The van der Waals surface area contributed by atoms with Crippen molar-refractivity contribution in [3.05, 3.63) is 349 Å². The molecule has 11 aromatic rings. The highest BCUT2D eigenvalue weighted by atomic mass is 32.1. The molecule has 3 aliphatic carbocycles. The van der Waals surface area contributed by atoms with E-state index >= 15 is 0 Å². The Morgan fingerprint density at radius 2 is 0.807 bits per heavy atom. The van der Waals surface area contributed by atoms with Gasteiger partial charge < -0.3 is 48.5 Å². The Morgan fingerprint density at radius 3 is 1.44 bits per heavy atom. The first-order valence-corrected chi connectivity index (χ1v) is 53.5. The Bertz CT molecular complexity index is 5240. The number of thiophene rings is 1. The molecule has 13 aliphatic rings. The molecule has 2 aromatic heterocycles. The third kappa shape index (κ3) is 29.4. The average molecular weight is 1830 g/mol. The number of likely N-dealkylation sites (tertiary alicyclic amines) is 8. The monoisotopic (exact) mass is 1830 g/mol. The van der Waals surface area contributed by atoms with Crippen molar-refractivity contribution in [3.63, 3.8) is 0 Å². The van der Waals surface area contributed by atoms with Gasteiger partial charge in [0.05, 0.1) is 6.54 Å². The molecule has 24 rings (SSSR count). The fourth-order valence-electron chi connectivity index (χ4n) is 23.9. The topological polar surface area (TPSA) is 45.5 Å². The predicted octanol–water partition coefficient (Wildman–Crippen LogP) is 24.7. The molecule has 9 aromatic carbocycles. The lowest BCUT2D eigenvalue weighted by atomic mass is 9.72. The number of para-hydroxylation sites is 1. The number of fused-ring (bicyclic) bond motifs is 11. The first-order valence-electron chi connectivity index (χ1n) is 52.5. The molecule has 8 saturated heterocycles. The van der Waals surface area contributed by atoms with Crippen LogP contribution in [0.25, 0.3) is 17.0 Å². The van der Waals surface area contributed by atoms with Crippen molar-refractivity contribution in [1.82, 2.24) is 49.0 Å². The minimum atomic E-state index is 0.364. The molecule has 11 nitrogen and oxygen atoms in total. The SMILES string of the molecule is CN1CCC(c2ccccc2)C1.CN1CCC(c2ccccc2)CC1.CN1CCC(c2ccsc2)CC1.CN1CCC2(C=Cc3ccccc32)CC1.CN1CCC2(CCc3ccccc32)CC1.CN1CCCC(Cc2ccccc2)C1.CN1CCCC(c2ccccc2)CC1.CN1CC[C@@H]2c3ccccc3CC[C@H]2C1.CN1CCc2c(oc3ccccc23)C1.CN1CCc2ccccc2C1. The highest BCUT2D eigenvalue weighted by molar-refractivity contribution is 7.08. The number of benzene rings is 9. The summed E-state index contributed by atoms with van der Waals surface area (Å²) in [6, 6.07) is 89.9. The number of rotatable bonds is 6. The molecule has 135 heavy (non-hydrogen) atoms. The quantitative estimate of drug-likeness (QED) is 0.160. The van der Waals surface area contributed by atoms with E-state index in [0.29, 0.717) is 10.8 Å². The number of hydrogen-bond donors (Lipinski definition) is 0. The first-order chi connectivity index (χ1) is 65.9. The summed E-state index contributed by atoms with van der Waals surface area (Å²) in [4.78, 5) is 24.2. The maximum Gasteiger partial charge on any atom is 0.134 e. The summed E-state index contributed by atoms with van der Waals surface area (Å²) in [7, 11) is 22.1. The molecule has 720 valence electrons. The number of furan rings is 1. The molecule has 5 atom stereocenters. The molecule has 0 N–H and O–H groups in total. The minimum Gasteiger partial charge on any atom is -0.459 e. The van der Waals surface area contributed by atoms with E-state index in [1.807, 2.05) is 23.5 Å². The predicted molar refractivity (Wildman–Crippen MR) is 575 cm³/mol. The molecular formula is C123H166N10OS. The summed E-state index contributed by atoms with van der Waals surface area (Å²) in [6.07, 6.45) is 33.8. The van der Waals surface area contributed by atoms with Crippen molar-refractivity contribution >= 4 is 28.4 Å². The number of likely N-dealkylation sites (N-methyl/N-ethyl adjacent to an activating group) is 3. The largest absolute Gasteiger partial charge is 0.459 e. The Labute approximate surface area is 820 Å². The van der Waals surface area contributed by atoms with E-state index in [2.05, 4.69) is 379 Å². The Hall–Kier alpha value is -8.44. The molecule has 10 aliphatic heterocycles. The molecule has 0 radical (unpaired) electrons. The van der Waals surface area contributed by atoms with E-state index in [0.717, 1.165) is 78.8 Å². The van der Waals surface area contributed by atoms with Gasteiger partial charge in [-0.25, -0.2) is 0 Å². The summed E-state index contributed by atoms with van der Waals surface area (Å²) in [6.45, 7) is 24.6. The highest BCUT2D eigenvalue weighted by Crippen LogP contribution is 2.48. The van der Waals surface area contributed by atoms with E-state index in [1.165, 1.54) is 296 Å². The van der Waals surface area contributed by atoms with Gasteiger partial charge in [0.15, 0.2) is 0 Å². The molecular weight excluding hydrogens is 1670 g/mol. The maximum atomic E-state index is 5.82. The summed E-state index contributed by atoms with van der Waals surface area (Å²) >= 11 is 1.82. The lowest BCUT2D eigenvalue weighted by Crippen LogP contribution is -2.39. The molecule has 0 amide bonds. The zero-order valence-electron chi connectivity index (χ0n) is 84.5. The van der Waals surface area contributed by atoms with Crippen molar-refractivity contribution < 1.29 is 4.42 Å². The fraction of sp³-hybridized carbons (Fsp3) is 0.496. The van der Waals surface area contributed by atoms with Crippen LogP contribution in [0.4, 0.5) is 0 Å². The molecule has 3 unspecified atom stereocenters. The Kier molecular flexibility index (Phi) is 38.5. The van der Waals surface area contributed by atoms with Gasteiger partial charge in [0.2, 0.25) is 0 Å². The van der Waals surface area contributed by atoms with E-state index in [9.17, 15) is 0 Å². The van der Waals surface area contributed by atoms with E-state index < -0.39 is 0 Å². The maximum absolute atomic E-state index is 5.82. The van der Waals surface area contributed by atoms with Crippen LogP contribution in [0.15, 0.2) is 270 Å². The van der Waals surface area contributed by atoms with Gasteiger partial charge in [-0.15, -0.1) is 0 Å². The summed E-state index contributed by atoms with van der Waals surface area (Å²) < 4.78 is 5.82. The van der Waals surface area contributed by atoms with Crippen LogP contribution in [-0.2, 0) is 56.0 Å². The second-order valence-electron chi connectivity index (χ2n) is 42.6. The Balaban J connectivity index is 0.000000114. The smallest absolute Gasteiger partial charge is 0.134 e. The third-order valence-corrected chi connectivity index (χ3v) is 33.2. The van der Waals surface area contributed by atoms with Crippen LogP contribution in [0.3, 0.4) is 0 Å². The fourth-order valence-corrected chi connectivity index (χ4v) is 24.7. The van der Waals surface area contributed by atoms with Gasteiger partial charge in [-0.3, -0.25) is 4.90 Å². The number of hydrogen-bond acceptors (Lipinski definition) is 12. The summed E-state index contributed by atoms with van der Waals surface area (Å²) in [5.74, 6) is 7.00. The van der Waals surface area contributed by atoms with Gasteiger partial charge in [0, 0.05) is 55.6 Å². The van der Waals surface area contributed by atoms with Gasteiger partial charge in [0.1, 0.15) is 11.3 Å². The normalized spacial score (nSPS) is 23.0.